The van der Waals surface area contributed by atoms with Crippen molar-refractivity contribution < 1.29 is 19.7 Å². The predicted molar refractivity (Wildman–Crippen MR) is 66.0 cm³/mol. The summed E-state index contributed by atoms with van der Waals surface area (Å²) in [5.74, 6) is -0.826. The number of carbonyl (C=O) groups is 1. The zero-order valence-electron chi connectivity index (χ0n) is 9.42. The van der Waals surface area contributed by atoms with Crippen molar-refractivity contribution in [2.24, 2.45) is 5.73 Å². The average Bonchev–Trinajstić information content (AvgIpc) is 2.26. The van der Waals surface area contributed by atoms with Crippen LogP contribution in [0.5, 0.6) is 11.5 Å². The van der Waals surface area contributed by atoms with E-state index in [4.69, 9.17) is 15.6 Å². The lowest BCUT2D eigenvalue weighted by molar-refractivity contribution is -0.137. The Morgan fingerprint density at radius 2 is 2.18 bits per heavy atom. The summed E-state index contributed by atoms with van der Waals surface area (Å²) >= 11 is 0. The molecule has 0 spiro atoms. The van der Waals surface area contributed by atoms with E-state index in [1.807, 2.05) is 0 Å². The molecule has 17 heavy (non-hydrogen) atoms. The van der Waals surface area contributed by atoms with Crippen LogP contribution in [0.2, 0.25) is 0 Å². The highest BCUT2D eigenvalue weighted by Crippen LogP contribution is 2.30. The quantitative estimate of drug-likeness (QED) is 0.744. The Kier molecular flexibility index (Phi) is 6.38. The summed E-state index contributed by atoms with van der Waals surface area (Å²) in [5, 5.41) is 18.1. The third-order valence-electron chi connectivity index (χ3n) is 2.38. The largest absolute Gasteiger partial charge is 0.504 e. The topological polar surface area (TPSA) is 92.8 Å². The number of rotatable bonds is 5. The summed E-state index contributed by atoms with van der Waals surface area (Å²) in [6, 6.07) is 4.73. The molecule has 0 amide bonds. The molecule has 5 nitrogen and oxygen atoms in total. The number of phenols is 1. The molecule has 1 rings (SSSR count). The van der Waals surface area contributed by atoms with Gasteiger partial charge in [0.1, 0.15) is 0 Å². The molecule has 0 saturated heterocycles. The zero-order valence-corrected chi connectivity index (χ0v) is 10.2. The van der Waals surface area contributed by atoms with E-state index in [-0.39, 0.29) is 37.0 Å². The molecular formula is C11H16ClNO4. The van der Waals surface area contributed by atoms with E-state index in [0.717, 1.165) is 5.56 Å². The summed E-state index contributed by atoms with van der Waals surface area (Å²) in [4.78, 5) is 10.6. The van der Waals surface area contributed by atoms with Crippen molar-refractivity contribution in [2.75, 3.05) is 13.7 Å². The van der Waals surface area contributed by atoms with Gasteiger partial charge in [-0.05, 0) is 24.2 Å². The first-order chi connectivity index (χ1) is 7.58. The minimum Gasteiger partial charge on any atom is -0.504 e. The molecule has 0 aliphatic rings. The van der Waals surface area contributed by atoms with Crippen molar-refractivity contribution in [1.29, 1.82) is 0 Å². The zero-order chi connectivity index (χ0) is 12.1. The fraction of sp³-hybridized carbons (Fsp3) is 0.364. The van der Waals surface area contributed by atoms with Gasteiger partial charge in [0.2, 0.25) is 0 Å². The predicted octanol–water partition coefficient (Wildman–Crippen LogP) is 1.34. The van der Waals surface area contributed by atoms with Gasteiger partial charge < -0.3 is 20.7 Å². The monoisotopic (exact) mass is 261 g/mol. The second-order valence-corrected chi connectivity index (χ2v) is 3.46. The number of hydrogen-bond acceptors (Lipinski definition) is 4. The van der Waals surface area contributed by atoms with Crippen LogP contribution < -0.4 is 10.5 Å². The minimum absolute atomic E-state index is 0. The van der Waals surface area contributed by atoms with Crippen molar-refractivity contribution in [2.45, 2.75) is 12.3 Å². The van der Waals surface area contributed by atoms with Gasteiger partial charge >= 0.3 is 5.97 Å². The van der Waals surface area contributed by atoms with Crippen molar-refractivity contribution in [3.8, 4) is 11.5 Å². The molecule has 4 N–H and O–H groups in total. The number of nitrogens with two attached hydrogens (primary N) is 1. The second kappa shape index (κ2) is 6.98. The molecule has 6 heteroatoms. The fourth-order valence-corrected chi connectivity index (χ4v) is 1.50. The SMILES string of the molecule is COc1cc(C(CN)CC(=O)O)ccc1O.Cl. The first kappa shape index (κ1) is 15.5. The van der Waals surface area contributed by atoms with Crippen molar-refractivity contribution >= 4 is 18.4 Å². The molecule has 0 heterocycles. The van der Waals surface area contributed by atoms with Gasteiger partial charge in [-0.3, -0.25) is 4.79 Å². The molecule has 0 aliphatic heterocycles. The summed E-state index contributed by atoms with van der Waals surface area (Å²) in [6.07, 6.45) is -0.0373. The van der Waals surface area contributed by atoms with Crippen LogP contribution in [0.3, 0.4) is 0 Å². The van der Waals surface area contributed by atoms with Crippen molar-refractivity contribution in [3.05, 3.63) is 23.8 Å². The summed E-state index contributed by atoms with van der Waals surface area (Å²) < 4.78 is 4.95. The van der Waals surface area contributed by atoms with Gasteiger partial charge in [0, 0.05) is 5.92 Å². The molecule has 1 aromatic carbocycles. The average molecular weight is 262 g/mol. The standard InChI is InChI=1S/C11H15NO4.ClH/c1-16-10-4-7(2-3-9(10)13)8(6-12)5-11(14)15;/h2-4,8,13H,5-6,12H2,1H3,(H,14,15);1H. The Balaban J connectivity index is 0.00000256. The van der Waals surface area contributed by atoms with Crippen LogP contribution in [0.1, 0.15) is 17.9 Å². The van der Waals surface area contributed by atoms with Crippen LogP contribution in [0.25, 0.3) is 0 Å². The maximum Gasteiger partial charge on any atom is 0.304 e. The number of aliphatic carboxylic acids is 1. The van der Waals surface area contributed by atoms with Crippen LogP contribution in [0.4, 0.5) is 0 Å². The number of methoxy groups -OCH3 is 1. The van der Waals surface area contributed by atoms with E-state index < -0.39 is 5.97 Å². The lowest BCUT2D eigenvalue weighted by atomic mass is 9.95. The number of ether oxygens (including phenoxy) is 1. The Morgan fingerprint density at radius 3 is 2.65 bits per heavy atom. The Morgan fingerprint density at radius 1 is 1.53 bits per heavy atom. The molecule has 0 fully saturated rings. The lowest BCUT2D eigenvalue weighted by Crippen LogP contribution is -2.16. The van der Waals surface area contributed by atoms with Gasteiger partial charge in [0.15, 0.2) is 11.5 Å². The molecule has 1 atom stereocenters. The van der Waals surface area contributed by atoms with Gasteiger partial charge in [-0.15, -0.1) is 12.4 Å². The van der Waals surface area contributed by atoms with Crippen molar-refractivity contribution in [1.82, 2.24) is 0 Å². The summed E-state index contributed by atoms with van der Waals surface area (Å²) in [5.41, 5.74) is 6.27. The number of carboxylic acid groups (broad SMARTS) is 1. The number of hydrogen-bond donors (Lipinski definition) is 3. The molecule has 1 unspecified atom stereocenters. The van der Waals surface area contributed by atoms with Gasteiger partial charge in [-0.1, -0.05) is 6.07 Å². The Labute approximate surface area is 106 Å². The van der Waals surface area contributed by atoms with E-state index in [9.17, 15) is 9.90 Å². The molecular weight excluding hydrogens is 246 g/mol. The van der Waals surface area contributed by atoms with E-state index in [2.05, 4.69) is 0 Å². The van der Waals surface area contributed by atoms with Crippen LogP contribution >= 0.6 is 12.4 Å². The number of aromatic hydroxyl groups is 1. The maximum absolute atomic E-state index is 10.6. The Hall–Kier alpha value is -1.46. The molecule has 1 aromatic rings. The van der Waals surface area contributed by atoms with Gasteiger partial charge in [-0.2, -0.15) is 0 Å². The van der Waals surface area contributed by atoms with E-state index in [0.29, 0.717) is 5.75 Å². The van der Waals surface area contributed by atoms with E-state index in [1.54, 1.807) is 12.1 Å². The third kappa shape index (κ3) is 4.13. The highest BCUT2D eigenvalue weighted by Gasteiger charge is 2.15. The van der Waals surface area contributed by atoms with Crippen LogP contribution in [0.15, 0.2) is 18.2 Å². The van der Waals surface area contributed by atoms with Gasteiger partial charge in [-0.25, -0.2) is 0 Å². The lowest BCUT2D eigenvalue weighted by Gasteiger charge is -2.14. The highest BCUT2D eigenvalue weighted by atomic mass is 35.5. The molecule has 96 valence electrons. The molecule has 0 radical (unpaired) electrons. The van der Waals surface area contributed by atoms with Crippen LogP contribution in [-0.2, 0) is 4.79 Å². The molecule has 0 aromatic heterocycles. The smallest absolute Gasteiger partial charge is 0.304 e. The minimum atomic E-state index is -0.900. The maximum atomic E-state index is 10.6. The van der Waals surface area contributed by atoms with Gasteiger partial charge in [0.25, 0.3) is 0 Å². The molecule has 0 saturated carbocycles. The van der Waals surface area contributed by atoms with Gasteiger partial charge in [0.05, 0.1) is 13.5 Å². The first-order valence-electron chi connectivity index (χ1n) is 4.87. The molecule has 0 aliphatic carbocycles. The summed E-state index contributed by atoms with van der Waals surface area (Å²) in [6.45, 7) is 0.236. The van der Waals surface area contributed by atoms with E-state index >= 15 is 0 Å². The fourth-order valence-electron chi connectivity index (χ4n) is 1.50. The van der Waals surface area contributed by atoms with Crippen LogP contribution in [0, 0.1) is 0 Å². The number of benzene rings is 1. The number of phenolic OH excluding ortho intramolecular Hbond substituents is 1. The normalized spacial score (nSPS) is 11.4. The first-order valence-corrected chi connectivity index (χ1v) is 4.87. The van der Waals surface area contributed by atoms with Crippen LogP contribution in [-0.4, -0.2) is 29.8 Å². The van der Waals surface area contributed by atoms with Crippen molar-refractivity contribution in [3.63, 3.8) is 0 Å². The Bertz CT molecular complexity index is 384. The highest BCUT2D eigenvalue weighted by molar-refractivity contribution is 5.85. The second-order valence-electron chi connectivity index (χ2n) is 3.46. The summed E-state index contributed by atoms with van der Waals surface area (Å²) in [7, 11) is 1.44. The number of halogens is 1. The molecule has 0 bridgehead atoms. The number of carboxylic acids is 1. The third-order valence-corrected chi connectivity index (χ3v) is 2.38. The van der Waals surface area contributed by atoms with E-state index in [1.165, 1.54) is 13.2 Å².